The van der Waals surface area contributed by atoms with Crippen LogP contribution in [0, 0.1) is 6.92 Å². The first kappa shape index (κ1) is 26.7. The summed E-state index contributed by atoms with van der Waals surface area (Å²) in [5.74, 6) is 0.899. The topological polar surface area (TPSA) is 62.2 Å². The number of carbonyl (C=O) groups is 1. The van der Waals surface area contributed by atoms with Gasteiger partial charge in [-0.05, 0) is 81.8 Å². The Morgan fingerprint density at radius 2 is 2.12 bits per heavy atom. The van der Waals surface area contributed by atoms with Crippen molar-refractivity contribution in [3.05, 3.63) is 51.7 Å². The zero-order chi connectivity index (χ0) is 24.7. The lowest BCUT2D eigenvalue weighted by Crippen LogP contribution is -2.48. The number of thiophene rings is 1. The second-order valence-electron chi connectivity index (χ2n) is 10.1. The van der Waals surface area contributed by atoms with E-state index in [0.29, 0.717) is 19.7 Å². The average molecular weight is 489 g/mol. The number of hydrogen-bond acceptors (Lipinski definition) is 6. The summed E-state index contributed by atoms with van der Waals surface area (Å²) in [5.41, 5.74) is 2.04. The van der Waals surface area contributed by atoms with Gasteiger partial charge < -0.3 is 19.5 Å². The highest BCUT2D eigenvalue weighted by molar-refractivity contribution is 7.10. The molecule has 6 nitrogen and oxygen atoms in total. The molecule has 0 fully saturated rings. The molecule has 3 rings (SSSR count). The maximum atomic E-state index is 13.5. The van der Waals surface area contributed by atoms with Crippen LogP contribution in [0.15, 0.2) is 35.7 Å². The van der Waals surface area contributed by atoms with Gasteiger partial charge in [-0.3, -0.25) is 9.69 Å². The molecule has 0 saturated carbocycles. The van der Waals surface area contributed by atoms with Crippen molar-refractivity contribution in [1.29, 1.82) is 0 Å². The third-order valence-corrected chi connectivity index (χ3v) is 6.89. The molecule has 0 radical (unpaired) electrons. The van der Waals surface area contributed by atoms with Crippen LogP contribution in [0.5, 0.6) is 5.75 Å². The summed E-state index contributed by atoms with van der Waals surface area (Å²) in [6.45, 7) is 12.9. The molecular weight excluding hydrogens is 448 g/mol. The Hall–Kier alpha value is -1.93. The molecule has 34 heavy (non-hydrogen) atoms. The van der Waals surface area contributed by atoms with Gasteiger partial charge in [0, 0.05) is 18.0 Å². The standard InChI is InChI=1S/C27H40N2O4S/c1-6-12-28(16-21(30)18-33-27(3,4)5)17-26(31)29-13-10-25-23(11-14-34-25)24(29)19-32-22-9-7-8-20(2)15-22/h7-9,11,14-15,21,24,30H,6,10,12-13,16-19H2,1-5H3. The molecule has 0 saturated heterocycles. The number of rotatable bonds is 11. The Morgan fingerprint density at radius 3 is 2.82 bits per heavy atom. The number of ether oxygens (including phenoxy) is 2. The second-order valence-corrected chi connectivity index (χ2v) is 11.1. The summed E-state index contributed by atoms with van der Waals surface area (Å²) < 4.78 is 11.9. The average Bonchev–Trinajstić information content (AvgIpc) is 3.25. The van der Waals surface area contributed by atoms with E-state index in [9.17, 15) is 9.90 Å². The predicted octanol–water partition coefficient (Wildman–Crippen LogP) is 4.45. The third-order valence-electron chi connectivity index (χ3n) is 5.89. The molecule has 2 unspecified atom stereocenters. The Morgan fingerprint density at radius 1 is 1.32 bits per heavy atom. The highest BCUT2D eigenvalue weighted by Crippen LogP contribution is 2.34. The van der Waals surface area contributed by atoms with Gasteiger partial charge in [-0.15, -0.1) is 11.3 Å². The van der Waals surface area contributed by atoms with Crippen molar-refractivity contribution < 1.29 is 19.4 Å². The van der Waals surface area contributed by atoms with Crippen LogP contribution in [0.1, 0.15) is 56.2 Å². The maximum absolute atomic E-state index is 13.5. The second kappa shape index (κ2) is 12.2. The number of fused-ring (bicyclic) bond motifs is 1. The van der Waals surface area contributed by atoms with Crippen LogP contribution >= 0.6 is 11.3 Å². The zero-order valence-corrected chi connectivity index (χ0v) is 22.1. The molecule has 1 N–H and O–H groups in total. The summed E-state index contributed by atoms with van der Waals surface area (Å²) >= 11 is 1.75. The minimum Gasteiger partial charge on any atom is -0.491 e. The molecule has 1 aromatic carbocycles. The first-order valence-electron chi connectivity index (χ1n) is 12.3. The van der Waals surface area contributed by atoms with E-state index in [4.69, 9.17) is 9.47 Å². The number of amides is 1. The van der Waals surface area contributed by atoms with Crippen molar-refractivity contribution in [1.82, 2.24) is 9.80 Å². The fraction of sp³-hybridized carbons (Fsp3) is 0.593. The fourth-order valence-corrected chi connectivity index (χ4v) is 5.21. The Kier molecular flexibility index (Phi) is 9.54. The highest BCUT2D eigenvalue weighted by atomic mass is 32.1. The molecule has 2 aromatic rings. The van der Waals surface area contributed by atoms with Gasteiger partial charge in [0.25, 0.3) is 0 Å². The largest absolute Gasteiger partial charge is 0.491 e. The third kappa shape index (κ3) is 7.80. The fourth-order valence-electron chi connectivity index (χ4n) is 4.29. The van der Waals surface area contributed by atoms with Crippen molar-refractivity contribution in [2.24, 2.45) is 0 Å². The minimum absolute atomic E-state index is 0.0760. The molecule has 2 atom stereocenters. The number of aliphatic hydroxyl groups is 1. The van der Waals surface area contributed by atoms with E-state index >= 15 is 0 Å². The molecule has 0 bridgehead atoms. The minimum atomic E-state index is -0.635. The van der Waals surface area contributed by atoms with Gasteiger partial charge in [0.1, 0.15) is 12.4 Å². The lowest BCUT2D eigenvalue weighted by molar-refractivity contribution is -0.136. The van der Waals surface area contributed by atoms with Gasteiger partial charge in [-0.25, -0.2) is 0 Å². The van der Waals surface area contributed by atoms with Gasteiger partial charge in [0.2, 0.25) is 5.91 Å². The number of benzene rings is 1. The van der Waals surface area contributed by atoms with Crippen molar-refractivity contribution >= 4 is 17.2 Å². The maximum Gasteiger partial charge on any atom is 0.237 e. The van der Waals surface area contributed by atoms with Gasteiger partial charge in [-0.2, -0.15) is 0 Å². The lowest BCUT2D eigenvalue weighted by atomic mass is 10.0. The van der Waals surface area contributed by atoms with Crippen LogP contribution in [-0.2, 0) is 16.0 Å². The highest BCUT2D eigenvalue weighted by Gasteiger charge is 2.33. The Balaban J connectivity index is 1.67. The van der Waals surface area contributed by atoms with Crippen LogP contribution in [0.3, 0.4) is 0 Å². The zero-order valence-electron chi connectivity index (χ0n) is 21.3. The molecule has 2 heterocycles. The Labute approximate surface area is 208 Å². The van der Waals surface area contributed by atoms with E-state index in [2.05, 4.69) is 18.4 Å². The molecule has 0 aliphatic carbocycles. The molecule has 0 spiro atoms. The van der Waals surface area contributed by atoms with Gasteiger partial charge >= 0.3 is 0 Å². The van der Waals surface area contributed by atoms with Crippen molar-refractivity contribution in [3.63, 3.8) is 0 Å². The smallest absolute Gasteiger partial charge is 0.237 e. The number of hydrogen-bond donors (Lipinski definition) is 1. The van der Waals surface area contributed by atoms with Crippen LogP contribution in [0.2, 0.25) is 0 Å². The number of carbonyl (C=O) groups excluding carboxylic acids is 1. The molecule has 1 aromatic heterocycles. The van der Waals surface area contributed by atoms with Crippen molar-refractivity contribution in [3.8, 4) is 5.75 Å². The van der Waals surface area contributed by atoms with Crippen LogP contribution in [-0.4, -0.2) is 71.9 Å². The summed E-state index contributed by atoms with van der Waals surface area (Å²) in [6.07, 6.45) is 1.15. The van der Waals surface area contributed by atoms with Crippen LogP contribution in [0.4, 0.5) is 0 Å². The first-order chi connectivity index (χ1) is 16.2. The normalized spacial score (nSPS) is 17.0. The molecule has 7 heteroatoms. The summed E-state index contributed by atoms with van der Waals surface area (Å²) in [5, 5.41) is 12.6. The SMILES string of the molecule is CCCN(CC(=O)N1CCc2sccc2C1COc1cccc(C)c1)CC(O)COC(C)(C)C. The molecule has 1 amide bonds. The molecular formula is C27H40N2O4S. The number of nitrogens with zero attached hydrogens (tertiary/aromatic N) is 2. The lowest BCUT2D eigenvalue weighted by Gasteiger charge is -2.37. The number of aryl methyl sites for hydroxylation is 1. The number of aliphatic hydroxyl groups excluding tert-OH is 1. The summed E-state index contributed by atoms with van der Waals surface area (Å²) in [7, 11) is 0. The first-order valence-corrected chi connectivity index (χ1v) is 13.1. The van der Waals surface area contributed by atoms with Gasteiger partial charge in [-0.1, -0.05) is 19.1 Å². The molecule has 1 aliphatic heterocycles. The van der Waals surface area contributed by atoms with E-state index < -0.39 is 6.10 Å². The van der Waals surface area contributed by atoms with Crippen LogP contribution < -0.4 is 4.74 Å². The van der Waals surface area contributed by atoms with Crippen LogP contribution in [0.25, 0.3) is 0 Å². The molecule has 188 valence electrons. The molecule has 1 aliphatic rings. The summed E-state index contributed by atoms with van der Waals surface area (Å²) in [4.78, 5) is 18.9. The predicted molar refractivity (Wildman–Crippen MR) is 138 cm³/mol. The summed E-state index contributed by atoms with van der Waals surface area (Å²) in [6, 6.07) is 10.0. The Bertz CT molecular complexity index is 923. The van der Waals surface area contributed by atoms with E-state index in [1.165, 1.54) is 10.4 Å². The van der Waals surface area contributed by atoms with E-state index in [1.54, 1.807) is 11.3 Å². The quantitative estimate of drug-likeness (QED) is 0.506. The van der Waals surface area contributed by atoms with Gasteiger partial charge in [0.15, 0.2) is 0 Å². The van der Waals surface area contributed by atoms with Crippen molar-refractivity contribution in [2.75, 3.05) is 39.4 Å². The van der Waals surface area contributed by atoms with E-state index in [-0.39, 0.29) is 30.7 Å². The van der Waals surface area contributed by atoms with Gasteiger partial charge in [0.05, 0.1) is 30.9 Å². The van der Waals surface area contributed by atoms with E-state index in [0.717, 1.165) is 30.7 Å². The monoisotopic (exact) mass is 488 g/mol. The van der Waals surface area contributed by atoms with Crippen molar-refractivity contribution in [2.45, 2.75) is 65.2 Å². The van der Waals surface area contributed by atoms with E-state index in [1.807, 2.05) is 61.8 Å².